The molecule has 2 saturated heterocycles. The number of rotatable bonds is 8. The van der Waals surface area contributed by atoms with Crippen LogP contribution in [0.1, 0.15) is 128 Å². The zero-order valence-corrected chi connectivity index (χ0v) is 41.2. The molecule has 330 valence electrons. The molecule has 0 N–H and O–H groups in total. The Hall–Kier alpha value is -2.15. The number of ether oxygens (including phenoxy) is 3. The molecule has 6 aliphatic rings. The molecule has 0 unspecified atom stereocenters. The molecule has 0 aromatic heterocycles. The fourth-order valence-electron chi connectivity index (χ4n) is 14.2. The van der Waals surface area contributed by atoms with E-state index in [0.717, 1.165) is 32.1 Å². The number of carbonyl (C=O) groups excluding carboxylic acids is 2. The first kappa shape index (κ1) is 44.5. The van der Waals surface area contributed by atoms with Crippen LogP contribution in [0.2, 0.25) is 23.2 Å². The van der Waals surface area contributed by atoms with Gasteiger partial charge in [0.1, 0.15) is 18.0 Å². The van der Waals surface area contributed by atoms with Gasteiger partial charge in [0, 0.05) is 43.4 Å². The van der Waals surface area contributed by atoms with Crippen LogP contribution < -0.4 is 10.4 Å². The molecule has 2 heterocycles. The Bertz CT molecular complexity index is 1880. The molecule has 0 bridgehead atoms. The Morgan fingerprint density at radius 2 is 1.47 bits per heavy atom. The lowest BCUT2D eigenvalue weighted by atomic mass is 9.43. The van der Waals surface area contributed by atoms with Gasteiger partial charge in [-0.3, -0.25) is 9.59 Å². The Balaban J connectivity index is 1.22. The number of fused-ring (bicyclic) bond motifs is 7. The van der Waals surface area contributed by atoms with Crippen molar-refractivity contribution in [2.24, 2.45) is 46.3 Å². The first-order valence-electron chi connectivity index (χ1n) is 23.4. The third-order valence-electron chi connectivity index (χ3n) is 18.2. The van der Waals surface area contributed by atoms with E-state index in [9.17, 15) is 9.59 Å². The van der Waals surface area contributed by atoms with Crippen molar-refractivity contribution in [2.45, 2.75) is 180 Å². The number of esters is 1. The van der Waals surface area contributed by atoms with Crippen molar-refractivity contribution >= 4 is 38.8 Å². The van der Waals surface area contributed by atoms with Crippen LogP contribution >= 0.6 is 0 Å². The smallest absolute Gasteiger partial charge is 0.302 e. The normalized spacial score (nSPS) is 40.5. The summed E-state index contributed by atoms with van der Waals surface area (Å²) >= 11 is 0. The summed E-state index contributed by atoms with van der Waals surface area (Å²) in [6.07, 6.45) is 6.28. The quantitative estimate of drug-likeness (QED) is 0.193. The first-order valence-corrected chi connectivity index (χ1v) is 28.2. The highest BCUT2D eigenvalue weighted by Gasteiger charge is 2.76. The maximum Gasteiger partial charge on any atom is 0.302 e. The maximum absolute atomic E-state index is 13.2. The van der Waals surface area contributed by atoms with Gasteiger partial charge in [-0.2, -0.15) is 0 Å². The second-order valence-electron chi connectivity index (χ2n) is 23.6. The molecule has 2 aromatic rings. The highest BCUT2D eigenvalue weighted by Crippen LogP contribution is 2.72. The molecule has 60 heavy (non-hydrogen) atoms. The zero-order valence-electron chi connectivity index (χ0n) is 39.2. The van der Waals surface area contributed by atoms with Gasteiger partial charge >= 0.3 is 5.97 Å². The number of hydrogen-bond donors (Lipinski definition) is 0. The number of ketones is 1. The van der Waals surface area contributed by atoms with E-state index >= 15 is 0 Å². The van der Waals surface area contributed by atoms with Gasteiger partial charge in [0.15, 0.2) is 14.1 Å². The minimum Gasteiger partial charge on any atom is -0.462 e. The van der Waals surface area contributed by atoms with Gasteiger partial charge in [0.05, 0.1) is 18.3 Å². The molecule has 0 amide bonds. The van der Waals surface area contributed by atoms with Crippen LogP contribution in [-0.4, -0.2) is 64.7 Å². The third kappa shape index (κ3) is 6.83. The molecule has 0 radical (unpaired) electrons. The van der Waals surface area contributed by atoms with Crippen molar-refractivity contribution < 1.29 is 32.7 Å². The van der Waals surface area contributed by atoms with E-state index in [1.54, 1.807) is 6.92 Å². The summed E-state index contributed by atoms with van der Waals surface area (Å²) in [4.78, 5) is 25.9. The molecular weight excluding hydrogens is 781 g/mol. The summed E-state index contributed by atoms with van der Waals surface area (Å²) in [6, 6.07) is 21.9. The lowest BCUT2D eigenvalue weighted by Gasteiger charge is -2.62. The molecule has 6 fully saturated rings. The van der Waals surface area contributed by atoms with Crippen molar-refractivity contribution in [3.63, 3.8) is 0 Å². The Morgan fingerprint density at radius 1 is 0.850 bits per heavy atom. The molecule has 13 atom stereocenters. The summed E-state index contributed by atoms with van der Waals surface area (Å²) in [5.74, 6) is 0.904. The second-order valence-corrected chi connectivity index (χ2v) is 32.7. The molecule has 8 rings (SSSR count). The Morgan fingerprint density at radius 3 is 2.03 bits per heavy atom. The number of benzene rings is 2. The molecule has 7 nitrogen and oxygen atoms in total. The SMILES string of the molecule is CC(=O)O[C@@H]1C[C@H]2[C@@H](CC[C@H]3CC(=O)CC[C@@]32C)[C@@H]2C[C@@H]3O[C@]4(O[C@](C)(CO[Si](C)(C)C(C)(C)C)C[C@H]4O[Si](c4ccccc4)(c4ccccc4)C(C)(C)C)[C@@H](C)[C@@H]3[C@@]12C. The molecule has 2 aromatic carbocycles. The summed E-state index contributed by atoms with van der Waals surface area (Å²) in [5, 5.41) is 2.30. The van der Waals surface area contributed by atoms with Crippen molar-refractivity contribution in [1.82, 2.24) is 0 Å². The number of carbonyl (C=O) groups is 2. The summed E-state index contributed by atoms with van der Waals surface area (Å²) in [7, 11) is -5.19. The summed E-state index contributed by atoms with van der Waals surface area (Å²) in [5.41, 5.74) is -0.885. The van der Waals surface area contributed by atoms with Crippen LogP contribution in [0.15, 0.2) is 60.7 Å². The van der Waals surface area contributed by atoms with Crippen molar-refractivity contribution in [3.8, 4) is 0 Å². The lowest BCUT2D eigenvalue weighted by Crippen LogP contribution is -2.69. The third-order valence-corrected chi connectivity index (χ3v) is 27.7. The van der Waals surface area contributed by atoms with E-state index < -0.39 is 28.0 Å². The molecule has 2 aliphatic heterocycles. The molecule has 1 spiro atoms. The van der Waals surface area contributed by atoms with Crippen LogP contribution in [0.25, 0.3) is 0 Å². The average molecular weight is 857 g/mol. The van der Waals surface area contributed by atoms with Gasteiger partial charge in [0.2, 0.25) is 0 Å². The standard InChI is InChI=1S/C51H76O7Si2/c1-33-45-42(29-41-39-25-24-35-28-36(53)26-27-49(35,10)40(39)30-43(50(41,45)11)55-34(2)52)56-51(33)44(31-48(9,58-51)32-54-59(12,13)46(3,4)5)57-60(47(6,7)8,37-20-16-14-17-21-37)38-22-18-15-19-23-38/h14-23,33,35,39-45H,24-32H2,1-13H3/t33-,35-,39+,40-,41-,42-,43+,44+,45-,48-,49-,50+,51-/m0/s1. The van der Waals surface area contributed by atoms with Crippen LogP contribution in [0, 0.1) is 46.3 Å². The van der Waals surface area contributed by atoms with Gasteiger partial charge in [-0.15, -0.1) is 0 Å². The molecule has 4 aliphatic carbocycles. The van der Waals surface area contributed by atoms with Crippen molar-refractivity contribution in [1.29, 1.82) is 0 Å². The van der Waals surface area contributed by atoms with E-state index in [4.69, 9.17) is 23.1 Å². The van der Waals surface area contributed by atoms with E-state index in [2.05, 4.69) is 143 Å². The predicted molar refractivity (Wildman–Crippen MR) is 243 cm³/mol. The molecular formula is C51H76O7Si2. The van der Waals surface area contributed by atoms with Crippen molar-refractivity contribution in [3.05, 3.63) is 60.7 Å². The summed E-state index contributed by atoms with van der Waals surface area (Å²) in [6.45, 7) is 30.1. The van der Waals surface area contributed by atoms with Crippen LogP contribution in [0.4, 0.5) is 0 Å². The van der Waals surface area contributed by atoms with Gasteiger partial charge < -0.3 is 23.1 Å². The van der Waals surface area contributed by atoms with E-state index in [1.807, 2.05) is 0 Å². The van der Waals surface area contributed by atoms with Crippen molar-refractivity contribution in [2.75, 3.05) is 6.61 Å². The van der Waals surface area contributed by atoms with E-state index in [1.165, 1.54) is 10.4 Å². The monoisotopic (exact) mass is 857 g/mol. The van der Waals surface area contributed by atoms with Crippen LogP contribution in [0.5, 0.6) is 0 Å². The minimum atomic E-state index is -3.05. The van der Waals surface area contributed by atoms with E-state index in [0.29, 0.717) is 55.3 Å². The van der Waals surface area contributed by atoms with E-state index in [-0.39, 0.29) is 57.0 Å². The average Bonchev–Trinajstić information content (AvgIpc) is 3.74. The predicted octanol–water partition coefficient (Wildman–Crippen LogP) is 10.2. The van der Waals surface area contributed by atoms with Gasteiger partial charge in [-0.25, -0.2) is 0 Å². The summed E-state index contributed by atoms with van der Waals surface area (Å²) < 4.78 is 37.2. The second kappa shape index (κ2) is 15.0. The molecule has 4 saturated carbocycles. The highest BCUT2D eigenvalue weighted by atomic mass is 28.4. The largest absolute Gasteiger partial charge is 0.462 e. The lowest BCUT2D eigenvalue weighted by molar-refractivity contribution is -0.284. The van der Waals surface area contributed by atoms with Crippen LogP contribution in [0.3, 0.4) is 0 Å². The van der Waals surface area contributed by atoms with Crippen LogP contribution in [-0.2, 0) is 32.7 Å². The Kier molecular flexibility index (Phi) is 11.1. The maximum atomic E-state index is 13.2. The minimum absolute atomic E-state index is 0.0516. The van der Waals surface area contributed by atoms with Gasteiger partial charge in [-0.05, 0) is 102 Å². The number of hydrogen-bond acceptors (Lipinski definition) is 7. The number of Topliss-reactive ketones (excluding diaryl/α,β-unsaturated/α-hetero) is 1. The fraction of sp³-hybridized carbons (Fsp3) is 0.725. The van der Waals surface area contributed by atoms with Gasteiger partial charge in [0.25, 0.3) is 8.32 Å². The zero-order chi connectivity index (χ0) is 43.5. The highest BCUT2D eigenvalue weighted by molar-refractivity contribution is 6.99. The first-order chi connectivity index (χ1) is 27.9. The topological polar surface area (TPSA) is 80.3 Å². The fourth-order valence-corrected chi connectivity index (χ4v) is 19.9. The molecule has 9 heteroatoms. The Labute approximate surface area is 364 Å². The van der Waals surface area contributed by atoms with Gasteiger partial charge in [-0.1, -0.05) is 123 Å².